The molecule has 1 aromatic carbocycles. The lowest BCUT2D eigenvalue weighted by atomic mass is 10.3. The van der Waals surface area contributed by atoms with Gasteiger partial charge in [0.1, 0.15) is 10.8 Å². The Kier molecular flexibility index (Phi) is 2.41. The predicted molar refractivity (Wildman–Crippen MR) is 52.9 cm³/mol. The highest BCUT2D eigenvalue weighted by molar-refractivity contribution is 7.10. The molecule has 0 amide bonds. The average molecular weight is 239 g/mol. The molecule has 1 aromatic rings. The maximum Gasteiger partial charge on any atom is 0.231 e. The highest BCUT2D eigenvalue weighted by Gasteiger charge is 2.24. The van der Waals surface area contributed by atoms with E-state index in [1.807, 2.05) is 0 Å². The first kappa shape index (κ1) is 9.20. The minimum absolute atomic E-state index is 0.134. The molecule has 1 aliphatic heterocycles. The molecular formula is C7H5Cl2O3P. The van der Waals surface area contributed by atoms with E-state index in [-0.39, 0.29) is 6.79 Å². The fraction of sp³-hybridized carbons (Fsp3) is 0.143. The van der Waals surface area contributed by atoms with Gasteiger partial charge in [0.2, 0.25) is 6.79 Å². The van der Waals surface area contributed by atoms with E-state index in [2.05, 4.69) is 9.47 Å². The molecule has 0 saturated heterocycles. The van der Waals surface area contributed by atoms with Crippen molar-refractivity contribution in [1.82, 2.24) is 0 Å². The first-order valence-corrected chi connectivity index (χ1v) is 4.61. The summed E-state index contributed by atoms with van der Waals surface area (Å²) in [6.07, 6.45) is 0. The third kappa shape index (κ3) is 1.41. The van der Waals surface area contributed by atoms with Gasteiger partial charge in [0.15, 0.2) is 11.5 Å². The molecule has 2 rings (SSSR count). The quantitative estimate of drug-likeness (QED) is 0.705. The summed E-state index contributed by atoms with van der Waals surface area (Å²) in [5, 5.41) is 0.793. The molecule has 1 aliphatic rings. The van der Waals surface area contributed by atoms with Gasteiger partial charge < -0.3 is 14.0 Å². The first-order chi connectivity index (χ1) is 6.24. The van der Waals surface area contributed by atoms with Crippen LogP contribution < -0.4 is 14.0 Å². The maximum atomic E-state index is 5.92. The standard InChI is InChI=1S/C7H5Cl2O3P/c8-3-1-4(12-13)5(9)7-6(3)10-2-11-7/h1H,2,13H2. The number of ether oxygens (including phenoxy) is 2. The van der Waals surface area contributed by atoms with E-state index in [0.717, 1.165) is 0 Å². The van der Waals surface area contributed by atoms with E-state index in [4.69, 9.17) is 37.2 Å². The largest absolute Gasteiger partial charge is 0.479 e. The molecule has 1 atom stereocenters. The molecule has 0 radical (unpaired) electrons. The molecule has 0 saturated carbocycles. The summed E-state index contributed by atoms with van der Waals surface area (Å²) in [5.74, 6) is 1.35. The van der Waals surface area contributed by atoms with Crippen molar-refractivity contribution < 1.29 is 14.0 Å². The van der Waals surface area contributed by atoms with Gasteiger partial charge in [-0.05, 0) is 0 Å². The molecule has 1 unspecified atom stereocenters. The first-order valence-electron chi connectivity index (χ1n) is 3.38. The summed E-state index contributed by atoms with van der Waals surface area (Å²) in [4.78, 5) is 0. The Morgan fingerprint density at radius 2 is 2.00 bits per heavy atom. The van der Waals surface area contributed by atoms with Gasteiger partial charge in [-0.15, -0.1) is 0 Å². The third-order valence-electron chi connectivity index (χ3n) is 1.63. The second kappa shape index (κ2) is 3.41. The summed E-state index contributed by atoms with van der Waals surface area (Å²) in [6.45, 7) is 0.134. The summed E-state index contributed by atoms with van der Waals surface area (Å²) >= 11 is 11.8. The Bertz CT molecular complexity index is 356. The highest BCUT2D eigenvalue weighted by atomic mass is 35.5. The SMILES string of the molecule is POc1cc(Cl)c2c(c1Cl)OCO2. The van der Waals surface area contributed by atoms with Crippen molar-refractivity contribution >= 4 is 32.7 Å². The molecule has 0 N–H and O–H groups in total. The lowest BCUT2D eigenvalue weighted by molar-refractivity contribution is 0.174. The normalized spacial score (nSPS) is 13.2. The van der Waals surface area contributed by atoms with E-state index in [1.54, 1.807) is 6.07 Å². The van der Waals surface area contributed by atoms with Crippen LogP contribution in [0.4, 0.5) is 0 Å². The zero-order valence-corrected chi connectivity index (χ0v) is 9.01. The zero-order valence-electron chi connectivity index (χ0n) is 6.34. The van der Waals surface area contributed by atoms with Gasteiger partial charge >= 0.3 is 0 Å². The van der Waals surface area contributed by atoms with Crippen LogP contribution in [0.3, 0.4) is 0 Å². The summed E-state index contributed by atoms with van der Waals surface area (Å²) < 4.78 is 15.1. The molecule has 0 aliphatic carbocycles. The molecule has 70 valence electrons. The van der Waals surface area contributed by atoms with E-state index in [0.29, 0.717) is 27.3 Å². The second-order valence-corrected chi connectivity index (χ2v) is 3.37. The number of hydrogen-bond donors (Lipinski definition) is 0. The van der Waals surface area contributed by atoms with Crippen LogP contribution in [0.15, 0.2) is 6.07 Å². The van der Waals surface area contributed by atoms with Gasteiger partial charge in [-0.25, -0.2) is 0 Å². The Hall–Kier alpha value is -0.370. The molecule has 0 fully saturated rings. The van der Waals surface area contributed by atoms with Crippen LogP contribution in [0.25, 0.3) is 0 Å². The van der Waals surface area contributed by atoms with Crippen LogP contribution in [-0.2, 0) is 0 Å². The van der Waals surface area contributed by atoms with E-state index >= 15 is 0 Å². The molecule has 6 heteroatoms. The molecular weight excluding hydrogens is 234 g/mol. The lowest BCUT2D eigenvalue weighted by Crippen LogP contribution is -1.93. The molecule has 0 bridgehead atoms. The molecule has 3 nitrogen and oxygen atoms in total. The van der Waals surface area contributed by atoms with Gasteiger partial charge in [-0.3, -0.25) is 0 Å². The third-order valence-corrected chi connectivity index (χ3v) is 2.52. The smallest absolute Gasteiger partial charge is 0.231 e. The fourth-order valence-corrected chi connectivity index (χ4v) is 1.80. The minimum Gasteiger partial charge on any atom is -0.479 e. The van der Waals surface area contributed by atoms with Crippen LogP contribution >= 0.6 is 32.7 Å². The highest BCUT2D eigenvalue weighted by Crippen LogP contribution is 2.49. The van der Waals surface area contributed by atoms with Gasteiger partial charge in [0.05, 0.1) is 14.5 Å². The van der Waals surface area contributed by atoms with Crippen LogP contribution in [0, 0.1) is 0 Å². The fourth-order valence-electron chi connectivity index (χ4n) is 1.06. The number of fused-ring (bicyclic) bond motifs is 1. The number of halogens is 2. The Labute approximate surface area is 87.2 Å². The van der Waals surface area contributed by atoms with E-state index in [1.165, 1.54) is 0 Å². The predicted octanol–water partition coefficient (Wildman–Crippen LogP) is 2.89. The van der Waals surface area contributed by atoms with Crippen molar-refractivity contribution in [3.05, 3.63) is 16.1 Å². The van der Waals surface area contributed by atoms with Crippen molar-refractivity contribution in [3.8, 4) is 17.2 Å². The summed E-state index contributed by atoms with van der Waals surface area (Å²) in [7, 11) is 2.09. The van der Waals surface area contributed by atoms with Crippen molar-refractivity contribution in [1.29, 1.82) is 0 Å². The van der Waals surface area contributed by atoms with Crippen molar-refractivity contribution in [3.63, 3.8) is 0 Å². The monoisotopic (exact) mass is 238 g/mol. The Balaban J connectivity index is 2.62. The molecule has 1 heterocycles. The van der Waals surface area contributed by atoms with Crippen molar-refractivity contribution in [2.45, 2.75) is 0 Å². The number of benzene rings is 1. The molecule has 13 heavy (non-hydrogen) atoms. The average Bonchev–Trinajstić information content (AvgIpc) is 2.60. The topological polar surface area (TPSA) is 27.7 Å². The van der Waals surface area contributed by atoms with Gasteiger partial charge in [-0.2, -0.15) is 0 Å². The van der Waals surface area contributed by atoms with Crippen LogP contribution in [0.5, 0.6) is 17.2 Å². The Morgan fingerprint density at radius 3 is 2.69 bits per heavy atom. The van der Waals surface area contributed by atoms with Crippen LogP contribution in [-0.4, -0.2) is 6.79 Å². The van der Waals surface area contributed by atoms with E-state index in [9.17, 15) is 0 Å². The van der Waals surface area contributed by atoms with Crippen LogP contribution in [0.2, 0.25) is 10.0 Å². The summed E-state index contributed by atoms with van der Waals surface area (Å²) in [5.41, 5.74) is 0. The Morgan fingerprint density at radius 1 is 1.31 bits per heavy atom. The summed E-state index contributed by atoms with van der Waals surface area (Å²) in [6, 6.07) is 1.57. The molecule has 0 aromatic heterocycles. The van der Waals surface area contributed by atoms with Gasteiger partial charge in [0, 0.05) is 6.07 Å². The number of hydrogen-bond acceptors (Lipinski definition) is 3. The zero-order chi connectivity index (χ0) is 9.42. The minimum atomic E-state index is 0.134. The van der Waals surface area contributed by atoms with Crippen molar-refractivity contribution in [2.75, 3.05) is 6.79 Å². The van der Waals surface area contributed by atoms with E-state index < -0.39 is 0 Å². The van der Waals surface area contributed by atoms with Crippen LogP contribution in [0.1, 0.15) is 0 Å². The second-order valence-electron chi connectivity index (χ2n) is 2.35. The maximum absolute atomic E-state index is 5.92. The number of rotatable bonds is 1. The molecule has 0 spiro atoms. The van der Waals surface area contributed by atoms with Gasteiger partial charge in [-0.1, -0.05) is 23.2 Å². The lowest BCUT2D eigenvalue weighted by Gasteiger charge is -2.06. The van der Waals surface area contributed by atoms with Crippen molar-refractivity contribution in [2.24, 2.45) is 0 Å². The van der Waals surface area contributed by atoms with Gasteiger partial charge in [0.25, 0.3) is 0 Å².